The number of rotatable bonds is 4. The molecule has 1 atom stereocenters. The van der Waals surface area contributed by atoms with Gasteiger partial charge in [-0.05, 0) is 38.5 Å². The molecule has 0 aliphatic heterocycles. The van der Waals surface area contributed by atoms with E-state index in [1.165, 1.54) is 0 Å². The number of hydrogen-bond acceptors (Lipinski definition) is 2. The minimum Gasteiger partial charge on any atom is -0.212 e. The van der Waals surface area contributed by atoms with Crippen molar-refractivity contribution in [1.82, 2.24) is 4.72 Å². The molecule has 16 heavy (non-hydrogen) atoms. The van der Waals surface area contributed by atoms with Crippen LogP contribution in [0.2, 0.25) is 0 Å². The van der Waals surface area contributed by atoms with Gasteiger partial charge in [0.2, 0.25) is 10.0 Å². The molecule has 0 aliphatic carbocycles. The van der Waals surface area contributed by atoms with Gasteiger partial charge in [0.15, 0.2) is 0 Å². The lowest BCUT2D eigenvalue weighted by atomic mass is 10.1. The number of nitrogens with one attached hydrogen (secondary N) is 1. The Morgan fingerprint density at radius 2 is 1.62 bits per heavy atom. The summed E-state index contributed by atoms with van der Waals surface area (Å²) < 4.78 is 27.0. The molecule has 5 heteroatoms. The molecule has 1 aromatic rings. The van der Waals surface area contributed by atoms with Gasteiger partial charge in [0.25, 0.3) is 0 Å². The fourth-order valence-electron chi connectivity index (χ4n) is 1.20. The average Bonchev–Trinajstić information content (AvgIpc) is 2.17. The van der Waals surface area contributed by atoms with Crippen molar-refractivity contribution < 1.29 is 8.42 Å². The molecule has 1 aromatic carbocycles. The Morgan fingerprint density at radius 3 is 2.06 bits per heavy atom. The van der Waals surface area contributed by atoms with Crippen LogP contribution in [0.15, 0.2) is 28.7 Å². The first-order valence-corrected chi connectivity index (χ1v) is 7.43. The number of sulfonamides is 1. The van der Waals surface area contributed by atoms with Crippen molar-refractivity contribution in [1.29, 1.82) is 0 Å². The third-order valence-corrected chi connectivity index (χ3v) is 4.78. The Hall–Kier alpha value is -0.390. The molecule has 3 nitrogen and oxygen atoms in total. The van der Waals surface area contributed by atoms with E-state index in [1.54, 1.807) is 13.8 Å². The van der Waals surface area contributed by atoms with E-state index in [-0.39, 0.29) is 6.04 Å². The maximum Gasteiger partial charge on any atom is 0.214 e. The molecule has 0 fully saturated rings. The Labute approximate surface area is 105 Å². The van der Waals surface area contributed by atoms with Crippen LogP contribution in [0.4, 0.5) is 0 Å². The Morgan fingerprint density at radius 1 is 1.12 bits per heavy atom. The van der Waals surface area contributed by atoms with Crippen LogP contribution >= 0.6 is 15.9 Å². The topological polar surface area (TPSA) is 46.2 Å². The lowest BCUT2D eigenvalue weighted by Gasteiger charge is -2.16. The molecular formula is C11H16BrNO2S. The lowest BCUT2D eigenvalue weighted by molar-refractivity contribution is 0.558. The Bertz CT molecular complexity index is 440. The molecule has 1 rings (SSSR count). The van der Waals surface area contributed by atoms with E-state index in [2.05, 4.69) is 20.7 Å². The van der Waals surface area contributed by atoms with Gasteiger partial charge in [-0.3, -0.25) is 0 Å². The average molecular weight is 306 g/mol. The summed E-state index contributed by atoms with van der Waals surface area (Å²) in [6.07, 6.45) is 0. The molecule has 1 N–H and O–H groups in total. The number of halogens is 1. The molecule has 0 bridgehead atoms. The summed E-state index contributed by atoms with van der Waals surface area (Å²) in [5.74, 6) is 0. The zero-order valence-electron chi connectivity index (χ0n) is 9.57. The first-order chi connectivity index (χ1) is 7.33. The van der Waals surface area contributed by atoms with Crippen LogP contribution < -0.4 is 4.72 Å². The van der Waals surface area contributed by atoms with Crippen molar-refractivity contribution >= 4 is 26.0 Å². The fourth-order valence-corrected chi connectivity index (χ4v) is 2.37. The molecular weight excluding hydrogens is 290 g/mol. The largest absolute Gasteiger partial charge is 0.214 e. The van der Waals surface area contributed by atoms with Crippen LogP contribution in [-0.2, 0) is 10.0 Å². The van der Waals surface area contributed by atoms with Crippen LogP contribution in [0.5, 0.6) is 0 Å². The molecule has 0 spiro atoms. The SMILES string of the molecule is CC(C)S(=O)(=O)N[C@@H](C)c1ccc(Br)cc1. The maximum atomic E-state index is 11.7. The maximum absolute atomic E-state index is 11.7. The van der Waals surface area contributed by atoms with Gasteiger partial charge in [-0.25, -0.2) is 13.1 Å². The van der Waals surface area contributed by atoms with Gasteiger partial charge in [0, 0.05) is 10.5 Å². The molecule has 0 heterocycles. The Kier molecular flexibility index (Phi) is 4.52. The highest BCUT2D eigenvalue weighted by molar-refractivity contribution is 9.10. The third kappa shape index (κ3) is 3.57. The van der Waals surface area contributed by atoms with Gasteiger partial charge in [-0.2, -0.15) is 0 Å². The van der Waals surface area contributed by atoms with Crippen LogP contribution in [0, 0.1) is 0 Å². The van der Waals surface area contributed by atoms with E-state index in [0.29, 0.717) is 0 Å². The highest BCUT2D eigenvalue weighted by atomic mass is 79.9. The van der Waals surface area contributed by atoms with E-state index in [4.69, 9.17) is 0 Å². The predicted molar refractivity (Wildman–Crippen MR) is 69.7 cm³/mol. The van der Waals surface area contributed by atoms with Crippen molar-refractivity contribution in [3.05, 3.63) is 34.3 Å². The standard InChI is InChI=1S/C11H16BrNO2S/c1-8(2)16(14,15)13-9(3)10-4-6-11(12)7-5-10/h4-9,13H,1-3H3/t9-/m0/s1. The summed E-state index contributed by atoms with van der Waals surface area (Å²) in [7, 11) is -3.22. The molecule has 0 saturated carbocycles. The second-order valence-corrected chi connectivity index (χ2v) is 7.17. The molecule has 0 radical (unpaired) electrons. The lowest BCUT2D eigenvalue weighted by Crippen LogP contribution is -2.32. The molecule has 0 aliphatic rings. The number of benzene rings is 1. The molecule has 0 unspecified atom stereocenters. The van der Waals surface area contributed by atoms with E-state index < -0.39 is 15.3 Å². The second kappa shape index (κ2) is 5.29. The fraction of sp³-hybridized carbons (Fsp3) is 0.455. The van der Waals surface area contributed by atoms with Crippen molar-refractivity contribution in [2.24, 2.45) is 0 Å². The zero-order chi connectivity index (χ0) is 12.3. The van der Waals surface area contributed by atoms with Crippen molar-refractivity contribution in [2.75, 3.05) is 0 Å². The summed E-state index contributed by atoms with van der Waals surface area (Å²) >= 11 is 3.34. The van der Waals surface area contributed by atoms with Crippen LogP contribution in [0.1, 0.15) is 32.4 Å². The first kappa shape index (κ1) is 13.7. The second-order valence-electron chi connectivity index (χ2n) is 3.98. The minimum absolute atomic E-state index is 0.208. The van der Waals surface area contributed by atoms with Gasteiger partial charge in [0.1, 0.15) is 0 Å². The van der Waals surface area contributed by atoms with E-state index in [9.17, 15) is 8.42 Å². The highest BCUT2D eigenvalue weighted by Crippen LogP contribution is 2.17. The summed E-state index contributed by atoms with van der Waals surface area (Å²) in [6, 6.07) is 7.39. The quantitative estimate of drug-likeness (QED) is 0.930. The van der Waals surface area contributed by atoms with Gasteiger partial charge in [0.05, 0.1) is 5.25 Å². The molecule has 0 amide bonds. The highest BCUT2D eigenvalue weighted by Gasteiger charge is 2.19. The number of hydrogen-bond donors (Lipinski definition) is 1. The van der Waals surface area contributed by atoms with Crippen molar-refractivity contribution in [3.8, 4) is 0 Å². The molecule has 0 saturated heterocycles. The zero-order valence-corrected chi connectivity index (χ0v) is 12.0. The van der Waals surface area contributed by atoms with E-state index in [1.807, 2.05) is 31.2 Å². The summed E-state index contributed by atoms with van der Waals surface area (Å²) in [4.78, 5) is 0. The van der Waals surface area contributed by atoms with Gasteiger partial charge in [-0.15, -0.1) is 0 Å². The predicted octanol–water partition coefficient (Wildman–Crippen LogP) is 2.84. The van der Waals surface area contributed by atoms with E-state index in [0.717, 1.165) is 10.0 Å². The van der Waals surface area contributed by atoms with Crippen LogP contribution in [0.3, 0.4) is 0 Å². The smallest absolute Gasteiger partial charge is 0.212 e. The van der Waals surface area contributed by atoms with Crippen molar-refractivity contribution in [2.45, 2.75) is 32.1 Å². The molecule has 90 valence electrons. The summed E-state index contributed by atoms with van der Waals surface area (Å²) in [5, 5.41) is -0.412. The molecule has 0 aromatic heterocycles. The third-order valence-electron chi connectivity index (χ3n) is 2.33. The monoisotopic (exact) mass is 305 g/mol. The van der Waals surface area contributed by atoms with E-state index >= 15 is 0 Å². The summed E-state index contributed by atoms with van der Waals surface area (Å²) in [5.41, 5.74) is 0.951. The summed E-state index contributed by atoms with van der Waals surface area (Å²) in [6.45, 7) is 5.16. The van der Waals surface area contributed by atoms with Gasteiger partial charge in [-0.1, -0.05) is 28.1 Å². The minimum atomic E-state index is -3.22. The van der Waals surface area contributed by atoms with Gasteiger partial charge >= 0.3 is 0 Å². The van der Waals surface area contributed by atoms with Crippen molar-refractivity contribution in [3.63, 3.8) is 0 Å². The van der Waals surface area contributed by atoms with Crippen LogP contribution in [-0.4, -0.2) is 13.7 Å². The Balaban J connectivity index is 2.81. The normalized spacial score (nSPS) is 14.1. The van der Waals surface area contributed by atoms with Gasteiger partial charge < -0.3 is 0 Å². The van der Waals surface area contributed by atoms with Crippen LogP contribution in [0.25, 0.3) is 0 Å². The first-order valence-electron chi connectivity index (χ1n) is 5.09.